The number of hydrogen-bond acceptors (Lipinski definition) is 2. The molecule has 4 heteroatoms. The molecule has 0 aliphatic carbocycles. The first-order chi connectivity index (χ1) is 7.52. The van der Waals surface area contributed by atoms with E-state index in [-0.39, 0.29) is 5.91 Å². The number of allylic oxidation sites excluding steroid dienone is 1. The topological polar surface area (TPSA) is 35.9 Å². The van der Waals surface area contributed by atoms with Gasteiger partial charge in [-0.3, -0.25) is 4.79 Å². The predicted octanol–water partition coefficient (Wildman–Crippen LogP) is 1.51. The third kappa shape index (κ3) is 5.34. The minimum Gasteiger partial charge on any atom is -0.358 e. The van der Waals surface area contributed by atoms with Crippen molar-refractivity contribution in [1.29, 1.82) is 0 Å². The SMILES string of the molecule is C=C/C(=N\C=C/C)N(C)CCN(C)C(C)=O. The number of likely N-dealkylation sites (N-methyl/N-ethyl adjacent to an activating group) is 2. The van der Waals surface area contributed by atoms with Crippen LogP contribution in [-0.4, -0.2) is 48.7 Å². The Kier molecular flexibility index (Phi) is 6.92. The first-order valence-corrected chi connectivity index (χ1v) is 5.27. The highest BCUT2D eigenvalue weighted by atomic mass is 16.2. The van der Waals surface area contributed by atoms with Gasteiger partial charge >= 0.3 is 0 Å². The monoisotopic (exact) mass is 223 g/mol. The lowest BCUT2D eigenvalue weighted by atomic mass is 10.4. The lowest BCUT2D eigenvalue weighted by molar-refractivity contribution is -0.127. The van der Waals surface area contributed by atoms with Crippen molar-refractivity contribution < 1.29 is 4.79 Å². The summed E-state index contributed by atoms with van der Waals surface area (Å²) in [5.74, 6) is 0.869. The number of hydrogen-bond donors (Lipinski definition) is 0. The summed E-state index contributed by atoms with van der Waals surface area (Å²) in [5, 5.41) is 0. The van der Waals surface area contributed by atoms with Gasteiger partial charge in [0, 0.05) is 40.3 Å². The van der Waals surface area contributed by atoms with Crippen molar-refractivity contribution in [1.82, 2.24) is 9.80 Å². The van der Waals surface area contributed by atoms with E-state index in [0.717, 1.165) is 12.4 Å². The van der Waals surface area contributed by atoms with Gasteiger partial charge in [0.05, 0.1) is 0 Å². The maximum atomic E-state index is 11.0. The Bertz CT molecular complexity index is 295. The van der Waals surface area contributed by atoms with Crippen LogP contribution < -0.4 is 0 Å². The van der Waals surface area contributed by atoms with Crippen LogP contribution in [0.2, 0.25) is 0 Å². The molecule has 0 saturated carbocycles. The van der Waals surface area contributed by atoms with E-state index in [4.69, 9.17) is 0 Å². The molecule has 0 rings (SSSR count). The van der Waals surface area contributed by atoms with Gasteiger partial charge in [-0.1, -0.05) is 12.7 Å². The second kappa shape index (κ2) is 7.68. The van der Waals surface area contributed by atoms with Crippen LogP contribution in [0.5, 0.6) is 0 Å². The molecule has 0 aromatic rings. The minimum absolute atomic E-state index is 0.0685. The molecule has 0 unspecified atom stereocenters. The molecule has 1 amide bonds. The highest BCUT2D eigenvalue weighted by molar-refractivity contribution is 5.92. The van der Waals surface area contributed by atoms with Crippen molar-refractivity contribution in [3.8, 4) is 0 Å². The quantitative estimate of drug-likeness (QED) is 0.523. The van der Waals surface area contributed by atoms with E-state index in [0.29, 0.717) is 6.54 Å². The summed E-state index contributed by atoms with van der Waals surface area (Å²) >= 11 is 0. The Morgan fingerprint density at radius 1 is 1.31 bits per heavy atom. The molecule has 0 saturated heterocycles. The van der Waals surface area contributed by atoms with Crippen LogP contribution >= 0.6 is 0 Å². The zero-order chi connectivity index (χ0) is 12.6. The summed E-state index contributed by atoms with van der Waals surface area (Å²) in [4.78, 5) is 18.9. The average molecular weight is 223 g/mol. The lowest BCUT2D eigenvalue weighted by Crippen LogP contribution is -2.35. The fraction of sp³-hybridized carbons (Fsp3) is 0.500. The molecular weight excluding hydrogens is 202 g/mol. The smallest absolute Gasteiger partial charge is 0.219 e. The Balaban J connectivity index is 4.27. The van der Waals surface area contributed by atoms with Gasteiger partial charge < -0.3 is 9.80 Å². The summed E-state index contributed by atoms with van der Waals surface area (Å²) in [5.41, 5.74) is 0. The van der Waals surface area contributed by atoms with Gasteiger partial charge in [0.1, 0.15) is 5.84 Å². The molecule has 0 aliphatic rings. The number of carbonyl (C=O) groups excluding carboxylic acids is 1. The molecule has 0 spiro atoms. The van der Waals surface area contributed by atoms with Crippen molar-refractivity contribution in [3.05, 3.63) is 24.9 Å². The van der Waals surface area contributed by atoms with Crippen LogP contribution in [0.15, 0.2) is 29.9 Å². The molecule has 16 heavy (non-hydrogen) atoms. The maximum absolute atomic E-state index is 11.0. The Morgan fingerprint density at radius 2 is 1.88 bits per heavy atom. The maximum Gasteiger partial charge on any atom is 0.219 e. The third-order valence-electron chi connectivity index (χ3n) is 2.24. The van der Waals surface area contributed by atoms with Gasteiger partial charge in [0.2, 0.25) is 5.91 Å². The Labute approximate surface area is 98.0 Å². The zero-order valence-corrected chi connectivity index (χ0v) is 10.6. The minimum atomic E-state index is 0.0685. The summed E-state index contributed by atoms with van der Waals surface area (Å²) in [6.45, 7) is 8.59. The van der Waals surface area contributed by atoms with Crippen molar-refractivity contribution in [2.75, 3.05) is 27.2 Å². The average Bonchev–Trinajstić information content (AvgIpc) is 2.26. The number of amides is 1. The molecule has 0 aromatic carbocycles. The summed E-state index contributed by atoms with van der Waals surface area (Å²) < 4.78 is 0. The van der Waals surface area contributed by atoms with Gasteiger partial charge in [-0.15, -0.1) is 0 Å². The van der Waals surface area contributed by atoms with Gasteiger partial charge in [0.15, 0.2) is 0 Å². The normalized spacial score (nSPS) is 11.6. The molecule has 0 aromatic heterocycles. The van der Waals surface area contributed by atoms with E-state index in [1.807, 2.05) is 24.9 Å². The fourth-order valence-corrected chi connectivity index (χ4v) is 1.03. The van der Waals surface area contributed by atoms with E-state index >= 15 is 0 Å². The highest BCUT2D eigenvalue weighted by Gasteiger charge is 2.05. The van der Waals surface area contributed by atoms with Crippen molar-refractivity contribution >= 4 is 11.7 Å². The molecule has 0 N–H and O–H groups in total. The first-order valence-electron chi connectivity index (χ1n) is 5.27. The van der Waals surface area contributed by atoms with Gasteiger partial charge in [-0.2, -0.15) is 0 Å². The predicted molar refractivity (Wildman–Crippen MR) is 68.4 cm³/mol. The third-order valence-corrected chi connectivity index (χ3v) is 2.24. The number of rotatable bonds is 5. The van der Waals surface area contributed by atoms with Crippen LogP contribution in [0.3, 0.4) is 0 Å². The second-order valence-corrected chi connectivity index (χ2v) is 3.54. The van der Waals surface area contributed by atoms with Crippen molar-refractivity contribution in [2.45, 2.75) is 13.8 Å². The van der Waals surface area contributed by atoms with E-state index in [2.05, 4.69) is 11.6 Å². The van der Waals surface area contributed by atoms with E-state index in [9.17, 15) is 4.79 Å². The van der Waals surface area contributed by atoms with E-state index in [1.165, 1.54) is 0 Å². The van der Waals surface area contributed by atoms with E-state index < -0.39 is 0 Å². The standard InChI is InChI=1S/C12H21N3O/c1-6-8-13-12(7-2)15(5)10-9-14(4)11(3)16/h6-8H,2,9-10H2,1,3-5H3/b8-6-,13-12+. The Morgan fingerprint density at radius 3 is 2.31 bits per heavy atom. The molecule has 0 radical (unpaired) electrons. The van der Waals surface area contributed by atoms with Gasteiger partial charge in [-0.25, -0.2) is 4.99 Å². The first kappa shape index (κ1) is 14.4. The van der Waals surface area contributed by atoms with Crippen molar-refractivity contribution in [3.63, 3.8) is 0 Å². The van der Waals surface area contributed by atoms with Gasteiger partial charge in [0.25, 0.3) is 0 Å². The molecule has 0 atom stereocenters. The summed E-state index contributed by atoms with van der Waals surface area (Å²) in [7, 11) is 3.71. The largest absolute Gasteiger partial charge is 0.358 e. The van der Waals surface area contributed by atoms with Gasteiger partial charge in [-0.05, 0) is 13.0 Å². The molecular formula is C12H21N3O. The zero-order valence-electron chi connectivity index (χ0n) is 10.6. The van der Waals surface area contributed by atoms with Crippen LogP contribution in [0.4, 0.5) is 0 Å². The lowest BCUT2D eigenvalue weighted by Gasteiger charge is -2.22. The van der Waals surface area contributed by atoms with E-state index in [1.54, 1.807) is 31.1 Å². The molecule has 0 aliphatic heterocycles. The molecule has 4 nitrogen and oxygen atoms in total. The molecule has 0 bridgehead atoms. The van der Waals surface area contributed by atoms with Crippen LogP contribution in [-0.2, 0) is 4.79 Å². The summed E-state index contributed by atoms with van der Waals surface area (Å²) in [6, 6.07) is 0. The Hall–Kier alpha value is -1.58. The highest BCUT2D eigenvalue weighted by Crippen LogP contribution is 1.93. The molecule has 90 valence electrons. The summed E-state index contributed by atoms with van der Waals surface area (Å²) in [6.07, 6.45) is 5.29. The molecule has 0 fully saturated rings. The fourth-order valence-electron chi connectivity index (χ4n) is 1.03. The number of carbonyl (C=O) groups is 1. The van der Waals surface area contributed by atoms with Crippen molar-refractivity contribution in [2.24, 2.45) is 4.99 Å². The second-order valence-electron chi connectivity index (χ2n) is 3.54. The van der Waals surface area contributed by atoms with Crippen LogP contribution in [0.25, 0.3) is 0 Å². The molecule has 0 heterocycles. The van der Waals surface area contributed by atoms with Crippen LogP contribution in [0.1, 0.15) is 13.8 Å². The van der Waals surface area contributed by atoms with Crippen LogP contribution in [0, 0.1) is 0 Å². The number of aliphatic imine (C=N–C) groups is 1. The number of nitrogens with zero attached hydrogens (tertiary/aromatic N) is 3. The number of amidine groups is 1.